The van der Waals surface area contributed by atoms with Gasteiger partial charge in [-0.2, -0.15) is 4.98 Å². The third-order valence-corrected chi connectivity index (χ3v) is 4.28. The number of anilines is 1. The lowest BCUT2D eigenvalue weighted by Crippen LogP contribution is -2.21. The van der Waals surface area contributed by atoms with Gasteiger partial charge in [0.1, 0.15) is 11.5 Å². The first kappa shape index (κ1) is 15.8. The Morgan fingerprint density at radius 1 is 1.71 bits per heavy atom. The molecule has 1 saturated heterocycles. The van der Waals surface area contributed by atoms with Crippen LogP contribution in [0.5, 0.6) is 0 Å². The molecule has 1 aromatic heterocycles. The van der Waals surface area contributed by atoms with Gasteiger partial charge in [0.25, 0.3) is 0 Å². The molecule has 116 valence electrons. The van der Waals surface area contributed by atoms with Gasteiger partial charge < -0.3 is 20.6 Å². The summed E-state index contributed by atoms with van der Waals surface area (Å²) in [5, 5.41) is 8.73. The van der Waals surface area contributed by atoms with Crippen LogP contribution in [0.25, 0.3) is 0 Å². The van der Waals surface area contributed by atoms with Gasteiger partial charge in [-0.1, -0.05) is 6.92 Å². The molecule has 2 rings (SSSR count). The number of nitrogens with two attached hydrogens (primary N) is 1. The van der Waals surface area contributed by atoms with Gasteiger partial charge in [-0.25, -0.2) is 9.18 Å². The van der Waals surface area contributed by atoms with Crippen LogP contribution in [0, 0.1) is 11.7 Å². The van der Waals surface area contributed by atoms with E-state index >= 15 is 0 Å². The molecule has 1 aliphatic heterocycles. The summed E-state index contributed by atoms with van der Waals surface area (Å²) >= 11 is 1.46. The maximum Gasteiger partial charge on any atom is 0.347 e. The molecule has 1 fully saturated rings. The Morgan fingerprint density at radius 2 is 2.43 bits per heavy atom. The number of carboxylic acids is 1. The van der Waals surface area contributed by atoms with Gasteiger partial charge in [0.2, 0.25) is 0 Å². The van der Waals surface area contributed by atoms with Crippen LogP contribution in [0.2, 0.25) is 0 Å². The number of hydrogen-bond donors (Lipinski definition) is 3. The highest BCUT2D eigenvalue weighted by atomic mass is 32.2. The number of nitrogen functional groups attached to an aromatic ring is 1. The third-order valence-electron chi connectivity index (χ3n) is 3.11. The summed E-state index contributed by atoms with van der Waals surface area (Å²) in [6.07, 6.45) is -0.0201. The van der Waals surface area contributed by atoms with Crippen molar-refractivity contribution in [3.05, 3.63) is 22.0 Å². The average Bonchev–Trinajstić information content (AvgIpc) is 2.80. The predicted molar refractivity (Wildman–Crippen MR) is 75.3 cm³/mol. The van der Waals surface area contributed by atoms with Crippen molar-refractivity contribution in [3.8, 4) is 0 Å². The molecule has 7 nitrogen and oxygen atoms in total. The molecule has 2 heterocycles. The summed E-state index contributed by atoms with van der Waals surface area (Å²) in [5.74, 6) is -1.69. The van der Waals surface area contributed by atoms with Crippen LogP contribution < -0.4 is 11.4 Å². The molecule has 1 aromatic rings. The number of thioether (sulfide) groups is 1. The molecule has 0 aliphatic carbocycles. The van der Waals surface area contributed by atoms with Gasteiger partial charge in [-0.05, 0) is 12.3 Å². The number of H-pyrrole nitrogens is 1. The largest absolute Gasteiger partial charge is 0.481 e. The smallest absolute Gasteiger partial charge is 0.347 e. The number of nitrogens with one attached hydrogen (secondary N) is 1. The molecule has 1 unspecified atom stereocenters. The molecule has 0 bridgehead atoms. The molecule has 0 spiro atoms. The number of ether oxygens (including phenoxy) is 1. The molecule has 9 heteroatoms. The zero-order chi connectivity index (χ0) is 15.6. The summed E-state index contributed by atoms with van der Waals surface area (Å²) in [6.45, 7) is 1.82. The molecule has 3 atom stereocenters. The Bertz CT molecular complexity index is 594. The first-order chi connectivity index (χ1) is 9.86. The summed E-state index contributed by atoms with van der Waals surface area (Å²) in [6, 6.07) is 0. The van der Waals surface area contributed by atoms with E-state index in [0.717, 1.165) is 0 Å². The van der Waals surface area contributed by atoms with E-state index in [1.165, 1.54) is 11.8 Å². The minimum absolute atomic E-state index is 0.00612. The number of aromatic nitrogens is 2. The van der Waals surface area contributed by atoms with E-state index in [2.05, 4.69) is 9.97 Å². The predicted octanol–water partition coefficient (Wildman–Crippen LogP) is 1.12. The molecule has 4 N–H and O–H groups in total. The fourth-order valence-corrected chi connectivity index (χ4v) is 3.47. The third kappa shape index (κ3) is 3.94. The van der Waals surface area contributed by atoms with Gasteiger partial charge in [0.05, 0.1) is 5.69 Å². The van der Waals surface area contributed by atoms with E-state index in [4.69, 9.17) is 15.6 Å². The minimum atomic E-state index is -0.862. The monoisotopic (exact) mass is 317 g/mol. The van der Waals surface area contributed by atoms with E-state index in [1.807, 2.05) is 6.92 Å². The van der Waals surface area contributed by atoms with Crippen molar-refractivity contribution in [2.75, 3.05) is 11.5 Å². The van der Waals surface area contributed by atoms with Crippen LogP contribution in [0.15, 0.2) is 4.79 Å². The maximum atomic E-state index is 13.9. The van der Waals surface area contributed by atoms with Crippen LogP contribution in [-0.4, -0.2) is 32.2 Å². The average molecular weight is 317 g/mol. The van der Waals surface area contributed by atoms with Crippen molar-refractivity contribution in [2.45, 2.75) is 31.3 Å². The molecular formula is C12H16FN3O4S. The number of carbonyl (C=O) groups is 1. The number of nitrogens with zero attached hydrogens (tertiary/aromatic N) is 1. The second kappa shape index (κ2) is 6.44. The first-order valence-electron chi connectivity index (χ1n) is 6.41. The Kier molecular flexibility index (Phi) is 4.84. The van der Waals surface area contributed by atoms with Crippen LogP contribution in [0.3, 0.4) is 0 Å². The molecule has 0 radical (unpaired) electrons. The Hall–Kier alpha value is -1.61. The van der Waals surface area contributed by atoms with Crippen LogP contribution in [0.1, 0.15) is 31.6 Å². The highest BCUT2D eigenvalue weighted by Gasteiger charge is 2.32. The molecule has 0 aromatic carbocycles. The lowest BCUT2D eigenvalue weighted by atomic mass is 10.0. The SMILES string of the molecule is CC(CC(=O)O)C[C@H]1O[C@@H](c2[nH]c(=O)nc(N)c2F)CS1. The van der Waals surface area contributed by atoms with E-state index in [0.29, 0.717) is 12.2 Å². The van der Waals surface area contributed by atoms with Gasteiger partial charge >= 0.3 is 11.7 Å². The van der Waals surface area contributed by atoms with E-state index in [-0.39, 0.29) is 23.5 Å². The van der Waals surface area contributed by atoms with Crippen molar-refractivity contribution in [2.24, 2.45) is 5.92 Å². The van der Waals surface area contributed by atoms with Crippen molar-refractivity contribution < 1.29 is 19.0 Å². The molecule has 0 saturated carbocycles. The van der Waals surface area contributed by atoms with Crippen molar-refractivity contribution in [1.82, 2.24) is 9.97 Å². The van der Waals surface area contributed by atoms with E-state index < -0.39 is 29.4 Å². The maximum absolute atomic E-state index is 13.9. The molecule has 0 amide bonds. The zero-order valence-electron chi connectivity index (χ0n) is 11.3. The second-order valence-corrected chi connectivity index (χ2v) is 6.17. The van der Waals surface area contributed by atoms with Gasteiger partial charge in [0, 0.05) is 12.2 Å². The lowest BCUT2D eigenvalue weighted by molar-refractivity contribution is -0.138. The quantitative estimate of drug-likeness (QED) is 0.744. The topological polar surface area (TPSA) is 118 Å². The molecule has 1 aliphatic rings. The van der Waals surface area contributed by atoms with Gasteiger partial charge in [0.15, 0.2) is 11.6 Å². The minimum Gasteiger partial charge on any atom is -0.481 e. The molecular weight excluding hydrogens is 301 g/mol. The summed E-state index contributed by atoms with van der Waals surface area (Å²) in [4.78, 5) is 27.5. The summed E-state index contributed by atoms with van der Waals surface area (Å²) in [7, 11) is 0. The standard InChI is InChI=1S/C12H16FN3O4S/c1-5(2-7(17)18)3-8-20-6(4-21-8)10-9(13)11(14)16-12(19)15-10/h5-6,8H,2-4H2,1H3,(H,17,18)(H3,14,15,16,19)/t5?,6-,8+/m1/s1. The van der Waals surface area contributed by atoms with Gasteiger partial charge in [-0.15, -0.1) is 11.8 Å². The van der Waals surface area contributed by atoms with Crippen molar-refractivity contribution in [1.29, 1.82) is 0 Å². The van der Waals surface area contributed by atoms with Crippen molar-refractivity contribution in [3.63, 3.8) is 0 Å². The second-order valence-electron chi connectivity index (χ2n) is 4.98. The van der Waals surface area contributed by atoms with Crippen LogP contribution >= 0.6 is 11.8 Å². The highest BCUT2D eigenvalue weighted by Crippen LogP contribution is 2.38. The first-order valence-corrected chi connectivity index (χ1v) is 7.45. The Morgan fingerprint density at radius 3 is 3.10 bits per heavy atom. The number of rotatable bonds is 5. The summed E-state index contributed by atoms with van der Waals surface area (Å²) in [5.41, 5.74) is 4.36. The normalized spacial score (nSPS) is 23.1. The number of carboxylic acid groups (broad SMARTS) is 1. The number of hydrogen-bond acceptors (Lipinski definition) is 6. The number of halogens is 1. The Labute approximate surface area is 124 Å². The number of aromatic amines is 1. The summed E-state index contributed by atoms with van der Waals surface area (Å²) < 4.78 is 19.5. The van der Waals surface area contributed by atoms with Crippen LogP contribution in [0.4, 0.5) is 10.2 Å². The fourth-order valence-electron chi connectivity index (χ4n) is 2.16. The lowest BCUT2D eigenvalue weighted by Gasteiger charge is -2.16. The highest BCUT2D eigenvalue weighted by molar-refractivity contribution is 8.00. The zero-order valence-corrected chi connectivity index (χ0v) is 12.2. The van der Waals surface area contributed by atoms with E-state index in [9.17, 15) is 14.0 Å². The van der Waals surface area contributed by atoms with Gasteiger partial charge in [-0.3, -0.25) is 4.79 Å². The Balaban J connectivity index is 2.03. The van der Waals surface area contributed by atoms with Crippen molar-refractivity contribution >= 4 is 23.5 Å². The number of aliphatic carboxylic acids is 1. The van der Waals surface area contributed by atoms with E-state index in [1.54, 1.807) is 0 Å². The van der Waals surface area contributed by atoms with Crippen LogP contribution in [-0.2, 0) is 9.53 Å². The molecule has 21 heavy (non-hydrogen) atoms. The fraction of sp³-hybridized carbons (Fsp3) is 0.583.